The molecule has 1 aromatic rings. The summed E-state index contributed by atoms with van der Waals surface area (Å²) in [5.41, 5.74) is 0.790. The second-order valence-electron chi connectivity index (χ2n) is 5.28. The van der Waals surface area contributed by atoms with Crippen molar-refractivity contribution in [2.75, 3.05) is 23.3 Å². The molecule has 2 rings (SSSR count). The zero-order valence-corrected chi connectivity index (χ0v) is 12.4. The summed E-state index contributed by atoms with van der Waals surface area (Å²) in [6.45, 7) is 3.66. The summed E-state index contributed by atoms with van der Waals surface area (Å²) in [5.74, 6) is 1.08. The van der Waals surface area contributed by atoms with Gasteiger partial charge in [-0.2, -0.15) is 13.2 Å². The molecule has 0 atom stereocenters. The van der Waals surface area contributed by atoms with E-state index in [9.17, 15) is 13.2 Å². The molecular weight excluding hydrogens is 281 g/mol. The number of nitrogens with one attached hydrogen (secondary N) is 1. The Labute approximate surface area is 122 Å². The molecule has 0 amide bonds. The van der Waals surface area contributed by atoms with Crippen molar-refractivity contribution in [3.05, 3.63) is 11.9 Å². The van der Waals surface area contributed by atoms with E-state index in [1.54, 1.807) is 0 Å². The van der Waals surface area contributed by atoms with Crippen LogP contribution in [0.2, 0.25) is 0 Å². The van der Waals surface area contributed by atoms with E-state index in [4.69, 9.17) is 0 Å². The fourth-order valence-corrected chi connectivity index (χ4v) is 2.41. The van der Waals surface area contributed by atoms with Crippen LogP contribution in [0, 0.1) is 0 Å². The largest absolute Gasteiger partial charge is 0.405 e. The predicted octanol–water partition coefficient (Wildman–Crippen LogP) is 3.39. The van der Waals surface area contributed by atoms with Gasteiger partial charge >= 0.3 is 6.18 Å². The quantitative estimate of drug-likeness (QED) is 0.838. The fourth-order valence-electron chi connectivity index (χ4n) is 2.41. The SMILES string of the molecule is CCCc1c(NCC)ncnc1N(CC(F)(F)F)C1CC1. The molecule has 1 saturated carbocycles. The molecule has 1 aromatic heterocycles. The number of nitrogens with zero attached hydrogens (tertiary/aromatic N) is 3. The van der Waals surface area contributed by atoms with E-state index in [1.807, 2.05) is 13.8 Å². The van der Waals surface area contributed by atoms with Gasteiger partial charge in [0, 0.05) is 18.2 Å². The van der Waals surface area contributed by atoms with Crippen LogP contribution in [0.25, 0.3) is 0 Å². The van der Waals surface area contributed by atoms with Gasteiger partial charge < -0.3 is 10.2 Å². The van der Waals surface area contributed by atoms with Crippen LogP contribution in [0.1, 0.15) is 38.7 Å². The van der Waals surface area contributed by atoms with Gasteiger partial charge in [0.15, 0.2) is 0 Å². The van der Waals surface area contributed by atoms with E-state index in [1.165, 1.54) is 11.2 Å². The number of hydrogen-bond donors (Lipinski definition) is 1. The van der Waals surface area contributed by atoms with Gasteiger partial charge in [0.1, 0.15) is 24.5 Å². The molecule has 0 unspecified atom stereocenters. The zero-order chi connectivity index (χ0) is 15.5. The highest BCUT2D eigenvalue weighted by atomic mass is 19.4. The monoisotopic (exact) mass is 302 g/mol. The van der Waals surface area contributed by atoms with E-state index in [0.717, 1.165) is 24.8 Å². The molecule has 1 heterocycles. The maximum atomic E-state index is 12.8. The van der Waals surface area contributed by atoms with Gasteiger partial charge in [-0.1, -0.05) is 13.3 Å². The summed E-state index contributed by atoms with van der Waals surface area (Å²) in [6, 6.07) is -0.0494. The van der Waals surface area contributed by atoms with E-state index in [2.05, 4.69) is 15.3 Å². The second kappa shape index (κ2) is 6.49. The van der Waals surface area contributed by atoms with Gasteiger partial charge in [-0.05, 0) is 26.2 Å². The zero-order valence-electron chi connectivity index (χ0n) is 12.4. The van der Waals surface area contributed by atoms with Crippen LogP contribution in [0.5, 0.6) is 0 Å². The highest BCUT2D eigenvalue weighted by Crippen LogP contribution is 2.36. The highest BCUT2D eigenvalue weighted by molar-refractivity contribution is 5.60. The predicted molar refractivity (Wildman–Crippen MR) is 76.6 cm³/mol. The molecule has 0 saturated heterocycles. The smallest absolute Gasteiger partial charge is 0.370 e. The number of anilines is 2. The summed E-state index contributed by atoms with van der Waals surface area (Å²) in [6.07, 6.45) is 0.209. The normalized spacial score (nSPS) is 15.1. The Kier molecular flexibility index (Phi) is 4.90. The molecule has 0 spiro atoms. The van der Waals surface area contributed by atoms with E-state index < -0.39 is 12.7 Å². The van der Waals surface area contributed by atoms with Crippen LogP contribution in [-0.4, -0.2) is 35.3 Å². The molecule has 1 N–H and O–H groups in total. The number of aromatic nitrogens is 2. The standard InChI is InChI=1S/C14H21F3N4/c1-3-5-11-12(18-4-2)19-9-20-13(11)21(10-6-7-10)8-14(15,16)17/h9-10H,3-8H2,1-2H3,(H,18,19,20). The molecule has 0 bridgehead atoms. The Morgan fingerprint density at radius 3 is 2.52 bits per heavy atom. The minimum absolute atomic E-state index is 0.0494. The average Bonchev–Trinajstić information content (AvgIpc) is 3.22. The van der Waals surface area contributed by atoms with Crippen molar-refractivity contribution in [3.63, 3.8) is 0 Å². The summed E-state index contributed by atoms with van der Waals surface area (Å²) in [7, 11) is 0. The minimum Gasteiger partial charge on any atom is -0.370 e. The first-order chi connectivity index (χ1) is 9.96. The lowest BCUT2D eigenvalue weighted by atomic mass is 10.1. The molecule has 4 nitrogen and oxygen atoms in total. The second-order valence-corrected chi connectivity index (χ2v) is 5.28. The summed E-state index contributed by atoms with van der Waals surface area (Å²) in [4.78, 5) is 9.73. The first kappa shape index (κ1) is 15.9. The first-order valence-electron chi connectivity index (χ1n) is 7.37. The third-order valence-electron chi connectivity index (χ3n) is 3.38. The summed E-state index contributed by atoms with van der Waals surface area (Å²) in [5, 5.41) is 3.12. The number of rotatable bonds is 7. The Morgan fingerprint density at radius 2 is 2.00 bits per heavy atom. The van der Waals surface area contributed by atoms with Crippen molar-refractivity contribution < 1.29 is 13.2 Å². The van der Waals surface area contributed by atoms with E-state index in [0.29, 0.717) is 24.6 Å². The van der Waals surface area contributed by atoms with Gasteiger partial charge in [0.25, 0.3) is 0 Å². The van der Waals surface area contributed by atoms with Gasteiger partial charge in [-0.15, -0.1) is 0 Å². The van der Waals surface area contributed by atoms with Crippen molar-refractivity contribution >= 4 is 11.6 Å². The maximum absolute atomic E-state index is 12.8. The highest BCUT2D eigenvalue weighted by Gasteiger charge is 2.39. The fraction of sp³-hybridized carbons (Fsp3) is 0.714. The third kappa shape index (κ3) is 4.22. The lowest BCUT2D eigenvalue weighted by molar-refractivity contribution is -0.120. The molecule has 0 aromatic carbocycles. The Morgan fingerprint density at radius 1 is 1.29 bits per heavy atom. The van der Waals surface area contributed by atoms with Gasteiger partial charge in [0.05, 0.1) is 0 Å². The van der Waals surface area contributed by atoms with Crippen molar-refractivity contribution in [1.29, 1.82) is 0 Å². The maximum Gasteiger partial charge on any atom is 0.405 e. The average molecular weight is 302 g/mol. The molecule has 1 aliphatic carbocycles. The van der Waals surface area contributed by atoms with Crippen LogP contribution in [0.3, 0.4) is 0 Å². The minimum atomic E-state index is -4.23. The Bertz CT molecular complexity index is 472. The van der Waals surface area contributed by atoms with Gasteiger partial charge in [-0.25, -0.2) is 9.97 Å². The molecule has 7 heteroatoms. The summed E-state index contributed by atoms with van der Waals surface area (Å²) < 4.78 is 38.5. The van der Waals surface area contributed by atoms with Crippen LogP contribution in [-0.2, 0) is 6.42 Å². The molecule has 0 aliphatic heterocycles. The van der Waals surface area contributed by atoms with Crippen LogP contribution < -0.4 is 10.2 Å². The van der Waals surface area contributed by atoms with Crippen LogP contribution in [0.15, 0.2) is 6.33 Å². The van der Waals surface area contributed by atoms with Crippen LogP contribution in [0.4, 0.5) is 24.8 Å². The van der Waals surface area contributed by atoms with Crippen LogP contribution >= 0.6 is 0 Å². The van der Waals surface area contributed by atoms with Crippen molar-refractivity contribution in [1.82, 2.24) is 9.97 Å². The van der Waals surface area contributed by atoms with E-state index >= 15 is 0 Å². The Hall–Kier alpha value is -1.53. The van der Waals surface area contributed by atoms with Crippen molar-refractivity contribution in [2.45, 2.75) is 51.7 Å². The first-order valence-corrected chi connectivity index (χ1v) is 7.37. The lowest BCUT2D eigenvalue weighted by Gasteiger charge is -2.27. The van der Waals surface area contributed by atoms with Gasteiger partial charge in [0.2, 0.25) is 0 Å². The number of hydrogen-bond acceptors (Lipinski definition) is 4. The summed E-state index contributed by atoms with van der Waals surface area (Å²) >= 11 is 0. The molecule has 118 valence electrons. The number of halogens is 3. The number of alkyl halides is 3. The molecule has 0 radical (unpaired) electrons. The Balaban J connectivity index is 2.36. The molecule has 1 aliphatic rings. The topological polar surface area (TPSA) is 41.1 Å². The van der Waals surface area contributed by atoms with E-state index in [-0.39, 0.29) is 6.04 Å². The van der Waals surface area contributed by atoms with Gasteiger partial charge in [-0.3, -0.25) is 0 Å². The molecule has 21 heavy (non-hydrogen) atoms. The molecular formula is C14H21F3N4. The lowest BCUT2D eigenvalue weighted by Crippen LogP contribution is -2.37. The van der Waals surface area contributed by atoms with Crippen molar-refractivity contribution in [2.24, 2.45) is 0 Å². The molecule has 1 fully saturated rings. The van der Waals surface area contributed by atoms with Crippen molar-refractivity contribution in [3.8, 4) is 0 Å². The third-order valence-corrected chi connectivity index (χ3v) is 3.38.